The molecule has 0 spiro atoms. The van der Waals surface area contributed by atoms with Gasteiger partial charge in [-0.1, -0.05) is 6.92 Å². The first kappa shape index (κ1) is 15.4. The van der Waals surface area contributed by atoms with Crippen molar-refractivity contribution in [3.8, 4) is 0 Å². The summed E-state index contributed by atoms with van der Waals surface area (Å²) >= 11 is 0. The normalized spacial score (nSPS) is 18.4. The maximum absolute atomic E-state index is 12.1. The summed E-state index contributed by atoms with van der Waals surface area (Å²) in [5, 5.41) is 0. The van der Waals surface area contributed by atoms with Crippen LogP contribution >= 0.6 is 0 Å². The van der Waals surface area contributed by atoms with Crippen molar-refractivity contribution in [1.82, 2.24) is 9.80 Å². The highest BCUT2D eigenvalue weighted by Crippen LogP contribution is 2.14. The third-order valence-corrected chi connectivity index (χ3v) is 3.82. The summed E-state index contributed by atoms with van der Waals surface area (Å²) in [5.41, 5.74) is 5.99. The van der Waals surface area contributed by atoms with Gasteiger partial charge in [0, 0.05) is 37.6 Å². The highest BCUT2D eigenvalue weighted by Gasteiger charge is 2.23. The molecule has 0 unspecified atom stereocenters. The molecule has 18 heavy (non-hydrogen) atoms. The Kier molecular flexibility index (Phi) is 5.60. The monoisotopic (exact) mass is 255 g/mol. The SMILES string of the molecule is CCN(CCC(=O)N1CCC(N)CC1)C(C)(C)C. The van der Waals surface area contributed by atoms with Crippen LogP contribution in [0.15, 0.2) is 0 Å². The molecule has 2 N–H and O–H groups in total. The van der Waals surface area contributed by atoms with Gasteiger partial charge < -0.3 is 10.6 Å². The van der Waals surface area contributed by atoms with Gasteiger partial charge in [-0.15, -0.1) is 0 Å². The van der Waals surface area contributed by atoms with E-state index < -0.39 is 0 Å². The van der Waals surface area contributed by atoms with E-state index in [4.69, 9.17) is 5.73 Å². The van der Waals surface area contributed by atoms with Crippen LogP contribution in [0.3, 0.4) is 0 Å². The predicted molar refractivity (Wildman–Crippen MR) is 75.4 cm³/mol. The molecule has 1 amide bonds. The van der Waals surface area contributed by atoms with Gasteiger partial charge in [-0.25, -0.2) is 0 Å². The number of amides is 1. The summed E-state index contributed by atoms with van der Waals surface area (Å²) in [6.07, 6.45) is 2.52. The second-order valence-electron chi connectivity index (χ2n) is 6.22. The number of piperidine rings is 1. The van der Waals surface area contributed by atoms with Crippen molar-refractivity contribution in [3.05, 3.63) is 0 Å². The lowest BCUT2D eigenvalue weighted by molar-refractivity contribution is -0.132. The Hall–Kier alpha value is -0.610. The Morgan fingerprint density at radius 1 is 1.33 bits per heavy atom. The third-order valence-electron chi connectivity index (χ3n) is 3.82. The van der Waals surface area contributed by atoms with E-state index in [0.29, 0.717) is 6.42 Å². The summed E-state index contributed by atoms with van der Waals surface area (Å²) in [6, 6.07) is 0.288. The molecule has 0 aromatic carbocycles. The van der Waals surface area contributed by atoms with Crippen LogP contribution in [0.4, 0.5) is 0 Å². The van der Waals surface area contributed by atoms with Crippen LogP contribution in [0.5, 0.6) is 0 Å². The van der Waals surface area contributed by atoms with E-state index in [1.807, 2.05) is 4.90 Å². The third kappa shape index (κ3) is 4.58. The fourth-order valence-corrected chi connectivity index (χ4v) is 2.51. The molecule has 1 rings (SSSR count). The van der Waals surface area contributed by atoms with Crippen molar-refractivity contribution >= 4 is 5.91 Å². The van der Waals surface area contributed by atoms with Crippen LogP contribution in [0, 0.1) is 0 Å². The molecule has 1 heterocycles. The van der Waals surface area contributed by atoms with Crippen molar-refractivity contribution in [2.45, 2.75) is 58.5 Å². The predicted octanol–water partition coefficient (Wildman–Crippen LogP) is 1.45. The van der Waals surface area contributed by atoms with Crippen LogP contribution in [0.1, 0.15) is 47.0 Å². The maximum atomic E-state index is 12.1. The highest BCUT2D eigenvalue weighted by molar-refractivity contribution is 5.76. The standard InChI is InChI=1S/C14H29N3O/c1-5-17(14(2,3)4)11-8-13(18)16-9-6-12(15)7-10-16/h12H,5-11,15H2,1-4H3. The smallest absolute Gasteiger partial charge is 0.223 e. The first-order valence-corrected chi connectivity index (χ1v) is 7.13. The second-order valence-corrected chi connectivity index (χ2v) is 6.22. The Morgan fingerprint density at radius 2 is 1.89 bits per heavy atom. The zero-order chi connectivity index (χ0) is 13.8. The molecule has 1 fully saturated rings. The number of hydrogen-bond donors (Lipinski definition) is 1. The van der Waals surface area contributed by atoms with Crippen LogP contribution in [-0.4, -0.2) is 53.5 Å². The van der Waals surface area contributed by atoms with E-state index >= 15 is 0 Å². The number of nitrogens with two attached hydrogens (primary N) is 1. The number of hydrogen-bond acceptors (Lipinski definition) is 3. The lowest BCUT2D eigenvalue weighted by Gasteiger charge is -2.36. The largest absolute Gasteiger partial charge is 0.343 e. The zero-order valence-electron chi connectivity index (χ0n) is 12.4. The van der Waals surface area contributed by atoms with Crippen LogP contribution < -0.4 is 5.73 Å². The lowest BCUT2D eigenvalue weighted by Crippen LogP contribution is -2.46. The number of carbonyl (C=O) groups excluding carboxylic acids is 1. The number of likely N-dealkylation sites (tertiary alicyclic amines) is 1. The van der Waals surface area contributed by atoms with Gasteiger partial charge in [0.15, 0.2) is 0 Å². The number of nitrogens with zero attached hydrogens (tertiary/aromatic N) is 2. The molecule has 0 saturated carbocycles. The summed E-state index contributed by atoms with van der Waals surface area (Å²) < 4.78 is 0. The number of rotatable bonds is 4. The molecular weight excluding hydrogens is 226 g/mol. The van der Waals surface area contributed by atoms with Gasteiger partial charge in [0.2, 0.25) is 5.91 Å². The molecule has 106 valence electrons. The lowest BCUT2D eigenvalue weighted by atomic mass is 10.0. The molecule has 0 aromatic heterocycles. The fraction of sp³-hybridized carbons (Fsp3) is 0.929. The molecule has 4 heteroatoms. The van der Waals surface area contributed by atoms with E-state index in [-0.39, 0.29) is 17.5 Å². The van der Waals surface area contributed by atoms with E-state index in [2.05, 4.69) is 32.6 Å². The van der Waals surface area contributed by atoms with Crippen molar-refractivity contribution in [2.75, 3.05) is 26.2 Å². The Labute approximate surface area is 111 Å². The van der Waals surface area contributed by atoms with Gasteiger partial charge >= 0.3 is 0 Å². The maximum Gasteiger partial charge on any atom is 0.223 e. The van der Waals surface area contributed by atoms with Crippen LogP contribution in [-0.2, 0) is 4.79 Å². The molecule has 0 bridgehead atoms. The fourth-order valence-electron chi connectivity index (χ4n) is 2.51. The van der Waals surface area contributed by atoms with Crippen molar-refractivity contribution in [3.63, 3.8) is 0 Å². The minimum atomic E-state index is 0.138. The topological polar surface area (TPSA) is 49.6 Å². The van der Waals surface area contributed by atoms with E-state index in [1.165, 1.54) is 0 Å². The van der Waals surface area contributed by atoms with Gasteiger partial charge in [-0.3, -0.25) is 9.69 Å². The molecule has 1 aliphatic rings. The van der Waals surface area contributed by atoms with Gasteiger partial charge in [-0.05, 0) is 40.2 Å². The quantitative estimate of drug-likeness (QED) is 0.827. The highest BCUT2D eigenvalue weighted by atomic mass is 16.2. The van der Waals surface area contributed by atoms with E-state index in [1.54, 1.807) is 0 Å². The molecule has 1 aliphatic heterocycles. The molecule has 0 aliphatic carbocycles. The van der Waals surface area contributed by atoms with Gasteiger partial charge in [-0.2, -0.15) is 0 Å². The van der Waals surface area contributed by atoms with E-state index in [9.17, 15) is 4.79 Å². The summed E-state index contributed by atoms with van der Waals surface area (Å²) in [7, 11) is 0. The Balaban J connectivity index is 2.36. The zero-order valence-corrected chi connectivity index (χ0v) is 12.4. The minimum absolute atomic E-state index is 0.138. The van der Waals surface area contributed by atoms with Crippen LogP contribution in [0.25, 0.3) is 0 Å². The van der Waals surface area contributed by atoms with Gasteiger partial charge in [0.1, 0.15) is 0 Å². The summed E-state index contributed by atoms with van der Waals surface area (Å²) in [4.78, 5) is 16.4. The van der Waals surface area contributed by atoms with E-state index in [0.717, 1.165) is 39.0 Å². The Morgan fingerprint density at radius 3 is 2.33 bits per heavy atom. The van der Waals surface area contributed by atoms with Crippen molar-refractivity contribution < 1.29 is 4.79 Å². The molecule has 0 atom stereocenters. The number of carbonyl (C=O) groups is 1. The van der Waals surface area contributed by atoms with Gasteiger partial charge in [0.25, 0.3) is 0 Å². The Bertz CT molecular complexity index is 265. The molecular formula is C14H29N3O. The molecule has 4 nitrogen and oxygen atoms in total. The summed E-state index contributed by atoms with van der Waals surface area (Å²) in [5.74, 6) is 0.282. The first-order valence-electron chi connectivity index (χ1n) is 7.13. The van der Waals surface area contributed by atoms with Crippen molar-refractivity contribution in [2.24, 2.45) is 5.73 Å². The van der Waals surface area contributed by atoms with Crippen LogP contribution in [0.2, 0.25) is 0 Å². The second kappa shape index (κ2) is 6.53. The average Bonchev–Trinajstić information content (AvgIpc) is 2.28. The van der Waals surface area contributed by atoms with Crippen molar-refractivity contribution in [1.29, 1.82) is 0 Å². The first-order chi connectivity index (χ1) is 8.34. The van der Waals surface area contributed by atoms with Gasteiger partial charge in [0.05, 0.1) is 0 Å². The average molecular weight is 255 g/mol. The minimum Gasteiger partial charge on any atom is -0.343 e. The molecule has 1 saturated heterocycles. The molecule has 0 radical (unpaired) electrons. The molecule has 0 aromatic rings. The summed E-state index contributed by atoms with van der Waals surface area (Å²) in [6.45, 7) is 12.2.